The Labute approximate surface area is 278 Å². The maximum atomic E-state index is 9.79. The Balaban J connectivity index is -0.000001000. The van der Waals surface area contributed by atoms with Crippen LogP contribution in [0.25, 0.3) is 0 Å². The van der Waals surface area contributed by atoms with E-state index in [0.717, 1.165) is 0 Å². The molecular weight excluding hydrogens is 1160 g/mol. The predicted molar refractivity (Wildman–Crippen MR) is 65.2 cm³/mol. The fourth-order valence-electron chi connectivity index (χ4n) is 1.88. The van der Waals surface area contributed by atoms with Crippen LogP contribution in [-0.4, -0.2) is 57.7 Å². The summed E-state index contributed by atoms with van der Waals surface area (Å²) in [5, 5.41) is 38.1. The van der Waals surface area contributed by atoms with E-state index in [9.17, 15) is 15.3 Å². The van der Waals surface area contributed by atoms with Crippen LogP contribution in [0.15, 0.2) is 24.3 Å². The SMILES string of the molecule is Nc1ccccc1O[C@@H]1O[C@H](CO)[C@@H](O)[C@H](O)[C@H]1O.[Ac].[Ac].[Ac].[Ac]. The molecule has 1 aromatic carbocycles. The second-order valence-corrected chi connectivity index (χ2v) is 4.35. The molecule has 6 N–H and O–H groups in total. The number of nitrogens with two attached hydrogens (primary N) is 1. The number of para-hydroxylation sites is 2. The fraction of sp³-hybridized carbons (Fsp3) is 0.500. The first-order valence-corrected chi connectivity index (χ1v) is 5.86. The quantitative estimate of drug-likeness (QED) is 0.233. The number of hydrogen-bond acceptors (Lipinski definition) is 7. The van der Waals surface area contributed by atoms with Crippen molar-refractivity contribution >= 4 is 5.69 Å². The molecule has 118 valence electrons. The van der Waals surface area contributed by atoms with Crippen LogP contribution in [0.4, 0.5) is 5.69 Å². The van der Waals surface area contributed by atoms with E-state index in [1.165, 1.54) is 0 Å². The van der Waals surface area contributed by atoms with Crippen molar-refractivity contribution in [1.29, 1.82) is 0 Å². The first-order chi connectivity index (χ1) is 9.04. The summed E-state index contributed by atoms with van der Waals surface area (Å²) in [4.78, 5) is 0. The number of anilines is 1. The Morgan fingerprint density at radius 1 is 0.957 bits per heavy atom. The summed E-state index contributed by atoms with van der Waals surface area (Å²) in [6.45, 7) is -0.505. The zero-order valence-corrected chi connectivity index (χ0v) is 31.4. The van der Waals surface area contributed by atoms with Gasteiger partial charge in [0.2, 0.25) is 6.29 Å². The normalized spacial score (nSPS) is 29.0. The van der Waals surface area contributed by atoms with Crippen molar-refractivity contribution in [3.63, 3.8) is 0 Å². The summed E-state index contributed by atoms with van der Waals surface area (Å²) < 4.78 is 10.6. The van der Waals surface area contributed by atoms with Crippen LogP contribution in [-0.2, 0) is 4.74 Å². The minimum absolute atomic E-state index is 0. The molecule has 0 aliphatic carbocycles. The molecule has 1 aliphatic rings. The molecule has 11 heteroatoms. The number of hydrogen-bond donors (Lipinski definition) is 5. The summed E-state index contributed by atoms with van der Waals surface area (Å²) in [6, 6.07) is 6.60. The summed E-state index contributed by atoms with van der Waals surface area (Å²) in [5.74, 6) is 0.284. The first-order valence-electron chi connectivity index (χ1n) is 5.86. The molecule has 5 atom stereocenters. The number of rotatable bonds is 3. The molecule has 4 radical (unpaired) electrons. The van der Waals surface area contributed by atoms with Crippen molar-refractivity contribution < 1.29 is 206 Å². The molecule has 1 heterocycles. The van der Waals surface area contributed by atoms with Crippen LogP contribution in [0.2, 0.25) is 0 Å². The smallest absolute Gasteiger partial charge is 0.229 e. The van der Waals surface area contributed by atoms with E-state index in [1.54, 1.807) is 24.3 Å². The van der Waals surface area contributed by atoms with Gasteiger partial charge in [-0.05, 0) is 12.1 Å². The van der Waals surface area contributed by atoms with E-state index in [2.05, 4.69) is 0 Å². The minimum Gasteiger partial charge on any atom is -0.460 e. The van der Waals surface area contributed by atoms with Crippen LogP contribution in [0.3, 0.4) is 0 Å². The molecule has 0 spiro atoms. The monoisotopic (exact) mass is 1180 g/mol. The minimum atomic E-state index is -1.47. The van der Waals surface area contributed by atoms with Gasteiger partial charge in [-0.15, -0.1) is 0 Å². The van der Waals surface area contributed by atoms with E-state index in [1.807, 2.05) is 0 Å². The van der Waals surface area contributed by atoms with Crippen LogP contribution in [0, 0.1) is 176 Å². The van der Waals surface area contributed by atoms with Crippen molar-refractivity contribution in [2.45, 2.75) is 30.7 Å². The van der Waals surface area contributed by atoms with Gasteiger partial charge in [0.15, 0.2) is 0 Å². The molecule has 1 saturated heterocycles. The van der Waals surface area contributed by atoms with E-state index in [4.69, 9.17) is 20.3 Å². The van der Waals surface area contributed by atoms with Gasteiger partial charge >= 0.3 is 0 Å². The van der Waals surface area contributed by atoms with Gasteiger partial charge in [0.25, 0.3) is 0 Å². The molecule has 1 aromatic rings. The van der Waals surface area contributed by atoms with Gasteiger partial charge in [-0.25, -0.2) is 0 Å². The molecule has 23 heavy (non-hydrogen) atoms. The van der Waals surface area contributed by atoms with Gasteiger partial charge in [0, 0.05) is 176 Å². The standard InChI is InChI=1S/C12H17NO6.4Ac/c13-6-3-1-2-4-7(6)18-12-11(17)10(16)9(15)8(5-14)19-12;;;;/h1-4,8-12,14-17H,5,13H2;;;;/t8-,9-,10+,11-,12-;;;;/m1..../s1. The average Bonchev–Trinajstić information content (AvgIpc) is 2.41. The van der Waals surface area contributed by atoms with Gasteiger partial charge in [0.05, 0.1) is 12.3 Å². The molecule has 0 unspecified atom stereocenters. The van der Waals surface area contributed by atoms with Crippen LogP contribution in [0.1, 0.15) is 0 Å². The maximum Gasteiger partial charge on any atom is 0.229 e. The molecule has 0 amide bonds. The van der Waals surface area contributed by atoms with E-state index >= 15 is 0 Å². The second-order valence-electron chi connectivity index (χ2n) is 4.35. The number of aliphatic hydroxyl groups is 4. The van der Waals surface area contributed by atoms with E-state index < -0.39 is 37.3 Å². The van der Waals surface area contributed by atoms with E-state index in [-0.39, 0.29) is 182 Å². The van der Waals surface area contributed by atoms with Gasteiger partial charge in [0.1, 0.15) is 30.2 Å². The zero-order valence-electron chi connectivity index (χ0n) is 12.4. The van der Waals surface area contributed by atoms with Crippen molar-refractivity contribution in [2.75, 3.05) is 12.3 Å². The maximum absolute atomic E-state index is 9.79. The molecule has 7 nitrogen and oxygen atoms in total. The van der Waals surface area contributed by atoms with Gasteiger partial charge < -0.3 is 35.6 Å². The van der Waals surface area contributed by atoms with Gasteiger partial charge in [-0.1, -0.05) is 12.1 Å². The third-order valence-corrected chi connectivity index (χ3v) is 3.01. The largest absolute Gasteiger partial charge is 0.460 e. The molecule has 0 aromatic heterocycles. The van der Waals surface area contributed by atoms with Crippen molar-refractivity contribution in [1.82, 2.24) is 0 Å². The Kier molecular flexibility index (Phi) is 22.6. The Morgan fingerprint density at radius 2 is 1.52 bits per heavy atom. The number of nitrogen functional groups attached to an aromatic ring is 1. The summed E-state index contributed by atoms with van der Waals surface area (Å²) in [6.07, 6.45) is -6.56. The van der Waals surface area contributed by atoms with Crippen LogP contribution in [0.5, 0.6) is 5.75 Å². The molecule has 0 bridgehead atoms. The molecular formula is C12H17Ac4NO6. The van der Waals surface area contributed by atoms with E-state index in [0.29, 0.717) is 5.69 Å². The Hall–Kier alpha value is 4.39. The number of aliphatic hydroxyl groups excluding tert-OH is 4. The Morgan fingerprint density at radius 3 is 2.04 bits per heavy atom. The topological polar surface area (TPSA) is 125 Å². The van der Waals surface area contributed by atoms with Crippen molar-refractivity contribution in [3.05, 3.63) is 24.3 Å². The third-order valence-electron chi connectivity index (χ3n) is 3.01. The van der Waals surface area contributed by atoms with Crippen LogP contribution < -0.4 is 10.5 Å². The molecule has 1 aliphatic heterocycles. The zero-order chi connectivity index (χ0) is 14.0. The molecule has 0 saturated carbocycles. The van der Waals surface area contributed by atoms with Gasteiger partial charge in [-0.2, -0.15) is 0 Å². The number of ether oxygens (including phenoxy) is 2. The first kappa shape index (κ1) is 32.1. The second kappa shape index (κ2) is 16.2. The summed E-state index contributed by atoms with van der Waals surface area (Å²) in [7, 11) is 0. The van der Waals surface area contributed by atoms with Crippen molar-refractivity contribution in [3.8, 4) is 5.75 Å². The Bertz CT molecular complexity index is 442. The summed E-state index contributed by atoms with van der Waals surface area (Å²) in [5.41, 5.74) is 6.04. The van der Waals surface area contributed by atoms with Crippen LogP contribution >= 0.6 is 0 Å². The third kappa shape index (κ3) is 9.16. The summed E-state index contributed by atoms with van der Waals surface area (Å²) >= 11 is 0. The predicted octanol–water partition coefficient (Wildman–Crippen LogP) is -1.55. The van der Waals surface area contributed by atoms with Gasteiger partial charge in [-0.3, -0.25) is 0 Å². The molecule has 1 fully saturated rings. The van der Waals surface area contributed by atoms with Crippen molar-refractivity contribution in [2.24, 2.45) is 0 Å². The molecule has 2 rings (SSSR count). The average molecular weight is 1180 g/mol. The fourth-order valence-corrected chi connectivity index (χ4v) is 1.88. The number of benzene rings is 1.